The second kappa shape index (κ2) is 11.8. The van der Waals surface area contributed by atoms with E-state index >= 15 is 0 Å². The van der Waals surface area contributed by atoms with Crippen molar-refractivity contribution in [3.63, 3.8) is 0 Å². The first-order valence-electron chi connectivity index (χ1n) is 13.0. The highest BCUT2D eigenvalue weighted by Crippen LogP contribution is 2.29. The van der Waals surface area contributed by atoms with E-state index in [9.17, 15) is 18.0 Å². The fourth-order valence-corrected chi connectivity index (χ4v) is 6.92. The van der Waals surface area contributed by atoms with E-state index in [0.29, 0.717) is 17.4 Å². The maximum atomic E-state index is 14.1. The molecule has 8 nitrogen and oxygen atoms in total. The number of amides is 2. The zero-order valence-electron chi connectivity index (χ0n) is 21.9. The number of urea groups is 1. The summed E-state index contributed by atoms with van der Waals surface area (Å²) in [5.41, 5.74) is 1.61. The molecule has 2 heterocycles. The number of aromatic nitrogens is 1. The summed E-state index contributed by atoms with van der Waals surface area (Å²) >= 11 is 6.35. The molecule has 1 saturated heterocycles. The van der Waals surface area contributed by atoms with Crippen LogP contribution < -0.4 is 5.32 Å². The van der Waals surface area contributed by atoms with Crippen molar-refractivity contribution in [1.82, 2.24) is 19.5 Å². The Labute approximate surface area is 238 Å². The Hall–Kier alpha value is -3.79. The van der Waals surface area contributed by atoms with Gasteiger partial charge in [-0.3, -0.25) is 9.78 Å². The quantitative estimate of drug-likeness (QED) is 0.314. The normalized spacial score (nSPS) is 16.9. The smallest absolute Gasteiger partial charge is 0.317 e. The van der Waals surface area contributed by atoms with Crippen molar-refractivity contribution in [1.29, 1.82) is 0 Å². The summed E-state index contributed by atoms with van der Waals surface area (Å²) in [5.74, 6) is -0.399. The molecule has 0 aliphatic carbocycles. The summed E-state index contributed by atoms with van der Waals surface area (Å²) in [4.78, 5) is 32.8. The molecule has 1 N–H and O–H groups in total. The van der Waals surface area contributed by atoms with Gasteiger partial charge >= 0.3 is 6.03 Å². The number of rotatable bonds is 7. The lowest BCUT2D eigenvalue weighted by Crippen LogP contribution is -2.60. The molecule has 1 aromatic heterocycles. The van der Waals surface area contributed by atoms with E-state index in [1.807, 2.05) is 37.3 Å². The minimum Gasteiger partial charge on any atom is -0.337 e. The lowest BCUT2D eigenvalue weighted by atomic mass is 10.0. The molecule has 3 aromatic carbocycles. The molecule has 0 saturated carbocycles. The molecule has 0 spiro atoms. The average molecular weight is 577 g/mol. The molecule has 40 heavy (non-hydrogen) atoms. The van der Waals surface area contributed by atoms with E-state index in [0.717, 1.165) is 5.56 Å². The van der Waals surface area contributed by atoms with Crippen molar-refractivity contribution >= 4 is 44.3 Å². The van der Waals surface area contributed by atoms with Crippen molar-refractivity contribution in [3.8, 4) is 0 Å². The van der Waals surface area contributed by atoms with Crippen LogP contribution in [0.3, 0.4) is 0 Å². The number of piperazine rings is 1. The number of benzene rings is 3. The van der Waals surface area contributed by atoms with Crippen LogP contribution >= 0.6 is 11.6 Å². The van der Waals surface area contributed by atoms with Gasteiger partial charge in [-0.05, 0) is 35.7 Å². The van der Waals surface area contributed by atoms with Crippen LogP contribution in [0.1, 0.15) is 28.8 Å². The predicted molar refractivity (Wildman–Crippen MR) is 155 cm³/mol. The number of Topliss-reactive ketones (excluding diaryl/α,β-unsaturated/α-hetero) is 1. The van der Waals surface area contributed by atoms with Crippen molar-refractivity contribution in [2.75, 3.05) is 26.2 Å². The molecule has 5 rings (SSSR count). The van der Waals surface area contributed by atoms with Crippen LogP contribution in [-0.4, -0.2) is 66.6 Å². The Morgan fingerprint density at radius 2 is 1.70 bits per heavy atom. The summed E-state index contributed by atoms with van der Waals surface area (Å²) in [6.45, 7) is 2.35. The highest BCUT2D eigenvalue weighted by atomic mass is 35.5. The van der Waals surface area contributed by atoms with Crippen molar-refractivity contribution in [2.24, 2.45) is 0 Å². The molecule has 10 heteroatoms. The molecular formula is C30H29ClN4O4S. The Bertz CT molecular complexity index is 1640. The number of fused-ring (bicyclic) bond motifs is 1. The molecular weight excluding hydrogens is 548 g/mol. The average Bonchev–Trinajstić information content (AvgIpc) is 2.99. The molecule has 4 aromatic rings. The van der Waals surface area contributed by atoms with Crippen LogP contribution in [0.4, 0.5) is 4.79 Å². The lowest BCUT2D eigenvalue weighted by Gasteiger charge is -2.39. The largest absolute Gasteiger partial charge is 0.337 e. The Balaban J connectivity index is 1.43. The van der Waals surface area contributed by atoms with Crippen LogP contribution in [0.5, 0.6) is 0 Å². The maximum Gasteiger partial charge on any atom is 0.317 e. The van der Waals surface area contributed by atoms with Gasteiger partial charge < -0.3 is 10.2 Å². The van der Waals surface area contributed by atoms with E-state index in [-0.39, 0.29) is 47.1 Å². The van der Waals surface area contributed by atoms with Gasteiger partial charge in [0.1, 0.15) is 10.9 Å². The van der Waals surface area contributed by atoms with Crippen molar-refractivity contribution in [2.45, 2.75) is 23.8 Å². The Kier molecular flexibility index (Phi) is 8.16. The molecule has 1 fully saturated rings. The van der Waals surface area contributed by atoms with Gasteiger partial charge in [0.05, 0.1) is 10.5 Å². The molecule has 1 aliphatic heterocycles. The number of para-hydroxylation sites is 1. The number of carbonyl (C=O) groups excluding carboxylic acids is 2. The fourth-order valence-electron chi connectivity index (χ4n) is 4.95. The second-order valence-corrected chi connectivity index (χ2v) is 12.0. The van der Waals surface area contributed by atoms with Crippen LogP contribution in [0, 0.1) is 0 Å². The molecule has 2 amide bonds. The monoisotopic (exact) mass is 576 g/mol. The number of nitrogens with zero attached hydrogens (tertiary/aromatic N) is 3. The number of nitrogens with one attached hydrogen (secondary N) is 1. The van der Waals surface area contributed by atoms with Gasteiger partial charge in [0.25, 0.3) is 0 Å². The van der Waals surface area contributed by atoms with Gasteiger partial charge in [-0.15, -0.1) is 0 Å². The van der Waals surface area contributed by atoms with Gasteiger partial charge in [0.15, 0.2) is 5.78 Å². The highest BCUT2D eigenvalue weighted by Gasteiger charge is 2.42. The van der Waals surface area contributed by atoms with E-state index in [4.69, 9.17) is 11.6 Å². The number of hydrogen-bond acceptors (Lipinski definition) is 5. The lowest BCUT2D eigenvalue weighted by molar-refractivity contribution is 0.0795. The first-order valence-corrected chi connectivity index (χ1v) is 14.8. The summed E-state index contributed by atoms with van der Waals surface area (Å²) in [5, 5.41) is 3.83. The van der Waals surface area contributed by atoms with Gasteiger partial charge in [-0.2, -0.15) is 4.31 Å². The predicted octanol–water partition coefficient (Wildman–Crippen LogP) is 4.96. The Morgan fingerprint density at radius 3 is 2.48 bits per heavy atom. The summed E-state index contributed by atoms with van der Waals surface area (Å²) in [6.07, 6.45) is 1.53. The number of carbonyl (C=O) groups is 2. The van der Waals surface area contributed by atoms with Crippen LogP contribution in [0.2, 0.25) is 5.02 Å². The van der Waals surface area contributed by atoms with E-state index < -0.39 is 21.8 Å². The standard InChI is InChI=1S/C30H29ClN4O4S/c1-21(22-9-3-2-4-10-22)19-33-30(37)34-17-18-35(26(20-34)29(36)24-13-5-6-14-25(24)31)40(38,39)27-15-7-11-23-12-8-16-32-28(23)27/h2-16,21,26H,17-20H2,1H3,(H,33,37). The SMILES string of the molecule is CC(CNC(=O)N1CCN(S(=O)(=O)c2cccc3cccnc23)C(C(=O)c2ccccc2Cl)C1)c1ccccc1. The summed E-state index contributed by atoms with van der Waals surface area (Å²) < 4.78 is 29.3. The number of hydrogen-bond donors (Lipinski definition) is 1. The van der Waals surface area contributed by atoms with Crippen LogP contribution in [-0.2, 0) is 10.0 Å². The summed E-state index contributed by atoms with van der Waals surface area (Å²) in [7, 11) is -4.17. The molecule has 0 radical (unpaired) electrons. The van der Waals surface area contributed by atoms with E-state index in [1.54, 1.807) is 48.5 Å². The highest BCUT2D eigenvalue weighted by molar-refractivity contribution is 7.89. The van der Waals surface area contributed by atoms with Crippen LogP contribution in [0.15, 0.2) is 96.0 Å². The third-order valence-corrected chi connectivity index (χ3v) is 9.44. The fraction of sp³-hybridized carbons (Fsp3) is 0.233. The molecule has 2 atom stereocenters. The number of sulfonamides is 1. The molecule has 2 unspecified atom stereocenters. The first-order chi connectivity index (χ1) is 19.3. The van der Waals surface area contributed by atoms with Crippen molar-refractivity contribution < 1.29 is 18.0 Å². The van der Waals surface area contributed by atoms with Crippen molar-refractivity contribution in [3.05, 3.63) is 107 Å². The minimum absolute atomic E-state index is 0.0112. The van der Waals surface area contributed by atoms with Gasteiger partial charge in [0.2, 0.25) is 10.0 Å². The number of ketones is 1. The first kappa shape index (κ1) is 27.8. The van der Waals surface area contributed by atoms with E-state index in [1.165, 1.54) is 21.5 Å². The van der Waals surface area contributed by atoms with Gasteiger partial charge in [0, 0.05) is 43.3 Å². The Morgan fingerprint density at radius 1 is 0.975 bits per heavy atom. The third kappa shape index (κ3) is 5.58. The third-order valence-electron chi connectivity index (χ3n) is 7.17. The second-order valence-electron chi connectivity index (χ2n) is 9.75. The molecule has 0 bridgehead atoms. The zero-order valence-corrected chi connectivity index (χ0v) is 23.5. The zero-order chi connectivity index (χ0) is 28.3. The van der Waals surface area contributed by atoms with Gasteiger partial charge in [-0.1, -0.05) is 79.2 Å². The van der Waals surface area contributed by atoms with Crippen LogP contribution in [0.25, 0.3) is 10.9 Å². The van der Waals surface area contributed by atoms with E-state index in [2.05, 4.69) is 10.3 Å². The number of pyridine rings is 1. The maximum absolute atomic E-state index is 14.1. The topological polar surface area (TPSA) is 99.7 Å². The summed E-state index contributed by atoms with van der Waals surface area (Å²) in [6, 6.07) is 23.3. The van der Waals surface area contributed by atoms with Gasteiger partial charge in [-0.25, -0.2) is 13.2 Å². The number of halogens is 1. The molecule has 206 valence electrons. The molecule has 1 aliphatic rings. The minimum atomic E-state index is -4.17.